The van der Waals surface area contributed by atoms with Crippen LogP contribution in [0.3, 0.4) is 0 Å². The van der Waals surface area contributed by atoms with Gasteiger partial charge < -0.3 is 0 Å². The van der Waals surface area contributed by atoms with E-state index < -0.39 is 9.84 Å². The van der Waals surface area contributed by atoms with E-state index in [-0.39, 0.29) is 5.75 Å². The van der Waals surface area contributed by atoms with Gasteiger partial charge in [-0.1, -0.05) is 42.5 Å². The number of sulfone groups is 1. The summed E-state index contributed by atoms with van der Waals surface area (Å²) >= 11 is 0. The number of benzene rings is 2. The molecule has 0 aliphatic rings. The van der Waals surface area contributed by atoms with Crippen molar-refractivity contribution in [1.82, 2.24) is 0 Å². The van der Waals surface area contributed by atoms with E-state index in [0.29, 0.717) is 11.3 Å². The maximum absolute atomic E-state index is 12.3. The average Bonchev–Trinajstić information content (AvgIpc) is 2.52. The maximum atomic E-state index is 12.3. The Balaban J connectivity index is 2.15. The first kappa shape index (κ1) is 16.5. The van der Waals surface area contributed by atoms with Gasteiger partial charge in [-0.15, -0.1) is 6.58 Å². The summed E-state index contributed by atoms with van der Waals surface area (Å²) in [6.45, 7) is 5.70. The monoisotopic (exact) mass is 314 g/mol. The number of hydrogen-bond acceptors (Lipinski definition) is 2. The van der Waals surface area contributed by atoms with Crippen LogP contribution in [-0.2, 0) is 9.84 Å². The quantitative estimate of drug-likeness (QED) is 0.544. The van der Waals surface area contributed by atoms with Gasteiger partial charge in [0.1, 0.15) is 0 Å². The van der Waals surface area contributed by atoms with E-state index in [1.807, 2.05) is 36.4 Å². The van der Waals surface area contributed by atoms with Crippen LogP contribution in [-0.4, -0.2) is 14.2 Å². The lowest BCUT2D eigenvalue weighted by Gasteiger charge is -2.08. The number of hydrogen-bond donors (Lipinski definition) is 0. The molecule has 0 aliphatic carbocycles. The molecule has 0 saturated heterocycles. The molecule has 116 valence electrons. The van der Waals surface area contributed by atoms with Gasteiger partial charge in [-0.2, -0.15) is 0 Å². The third-order valence-electron chi connectivity index (χ3n) is 3.74. The molecule has 0 atom stereocenters. The molecule has 22 heavy (non-hydrogen) atoms. The Labute approximate surface area is 133 Å². The highest BCUT2D eigenvalue weighted by atomic mass is 32.2. The molecule has 0 radical (unpaired) electrons. The van der Waals surface area contributed by atoms with Crippen molar-refractivity contribution >= 4 is 9.84 Å². The molecular weight excluding hydrogens is 292 g/mol. The Morgan fingerprint density at radius 3 is 2.32 bits per heavy atom. The van der Waals surface area contributed by atoms with Gasteiger partial charge in [0.15, 0.2) is 9.84 Å². The molecule has 2 aromatic carbocycles. The van der Waals surface area contributed by atoms with Crippen LogP contribution in [0.4, 0.5) is 0 Å². The molecule has 0 amide bonds. The molecule has 0 unspecified atom stereocenters. The third kappa shape index (κ3) is 4.08. The van der Waals surface area contributed by atoms with Crippen LogP contribution in [0.1, 0.15) is 24.8 Å². The third-order valence-corrected chi connectivity index (χ3v) is 5.56. The zero-order chi connectivity index (χ0) is 16.0. The van der Waals surface area contributed by atoms with Crippen molar-refractivity contribution in [3.05, 3.63) is 66.7 Å². The fraction of sp³-hybridized carbons (Fsp3) is 0.263. The number of aryl methyl sites for hydroxylation is 1. The summed E-state index contributed by atoms with van der Waals surface area (Å²) in [6.07, 6.45) is 4.23. The van der Waals surface area contributed by atoms with E-state index in [2.05, 4.69) is 19.6 Å². The molecule has 0 heterocycles. The summed E-state index contributed by atoms with van der Waals surface area (Å²) in [5, 5.41) is 0. The standard InChI is InChI=1S/C19H22O2S/c1-3-4-5-8-15-22(20,21)18-13-11-17(12-14-18)19-10-7-6-9-16(19)2/h3,6-7,9-14H,1,4-5,8,15H2,2H3. The molecular formula is C19H22O2S. The predicted octanol–water partition coefficient (Wildman–Crippen LogP) is 4.79. The molecule has 0 bridgehead atoms. The summed E-state index contributed by atoms with van der Waals surface area (Å²) < 4.78 is 24.6. The normalized spacial score (nSPS) is 11.3. The van der Waals surface area contributed by atoms with Crippen molar-refractivity contribution < 1.29 is 8.42 Å². The Bertz CT molecular complexity index is 728. The van der Waals surface area contributed by atoms with E-state index in [1.54, 1.807) is 12.1 Å². The van der Waals surface area contributed by atoms with Crippen LogP contribution in [0.5, 0.6) is 0 Å². The van der Waals surface area contributed by atoms with Gasteiger partial charge in [0.05, 0.1) is 10.6 Å². The summed E-state index contributed by atoms with van der Waals surface area (Å²) in [5.74, 6) is 0.199. The lowest BCUT2D eigenvalue weighted by Crippen LogP contribution is -2.06. The first-order chi connectivity index (χ1) is 10.5. The van der Waals surface area contributed by atoms with Crippen molar-refractivity contribution in [3.8, 4) is 11.1 Å². The minimum Gasteiger partial charge on any atom is -0.224 e. The second-order valence-corrected chi connectivity index (χ2v) is 7.55. The van der Waals surface area contributed by atoms with Crippen molar-refractivity contribution in [2.45, 2.75) is 31.1 Å². The van der Waals surface area contributed by atoms with E-state index in [9.17, 15) is 8.42 Å². The summed E-state index contributed by atoms with van der Waals surface area (Å²) in [6, 6.07) is 15.3. The smallest absolute Gasteiger partial charge is 0.178 e. The van der Waals surface area contributed by atoms with Crippen LogP contribution < -0.4 is 0 Å². The van der Waals surface area contributed by atoms with Crippen LogP contribution in [0.2, 0.25) is 0 Å². The van der Waals surface area contributed by atoms with Gasteiger partial charge in [-0.05, 0) is 55.0 Å². The topological polar surface area (TPSA) is 34.1 Å². The zero-order valence-electron chi connectivity index (χ0n) is 13.0. The number of allylic oxidation sites excluding steroid dienone is 1. The molecule has 2 nitrogen and oxygen atoms in total. The highest BCUT2D eigenvalue weighted by molar-refractivity contribution is 7.91. The molecule has 3 heteroatoms. The van der Waals surface area contributed by atoms with Crippen molar-refractivity contribution in [2.24, 2.45) is 0 Å². The highest BCUT2D eigenvalue weighted by Crippen LogP contribution is 2.25. The highest BCUT2D eigenvalue weighted by Gasteiger charge is 2.14. The molecule has 0 aliphatic heterocycles. The fourth-order valence-electron chi connectivity index (χ4n) is 2.44. The molecule has 2 rings (SSSR count). The largest absolute Gasteiger partial charge is 0.224 e. The van der Waals surface area contributed by atoms with Crippen molar-refractivity contribution in [2.75, 3.05) is 5.75 Å². The summed E-state index contributed by atoms with van der Waals surface area (Å²) in [7, 11) is -3.18. The SMILES string of the molecule is C=CCCCCS(=O)(=O)c1ccc(-c2ccccc2C)cc1. The van der Waals surface area contributed by atoms with Gasteiger partial charge >= 0.3 is 0 Å². The van der Waals surface area contributed by atoms with Crippen LogP contribution in [0, 0.1) is 6.92 Å². The zero-order valence-corrected chi connectivity index (χ0v) is 13.8. The van der Waals surface area contributed by atoms with Gasteiger partial charge in [-0.3, -0.25) is 0 Å². The molecule has 2 aromatic rings. The maximum Gasteiger partial charge on any atom is 0.178 e. The molecule has 0 fully saturated rings. The number of unbranched alkanes of at least 4 members (excludes halogenated alkanes) is 2. The van der Waals surface area contributed by atoms with Crippen LogP contribution >= 0.6 is 0 Å². The fourth-order valence-corrected chi connectivity index (χ4v) is 3.81. The van der Waals surface area contributed by atoms with Crippen LogP contribution in [0.15, 0.2) is 66.1 Å². The van der Waals surface area contributed by atoms with Crippen LogP contribution in [0.25, 0.3) is 11.1 Å². The first-order valence-corrected chi connectivity index (χ1v) is 9.19. The molecule has 0 saturated carbocycles. The lowest BCUT2D eigenvalue weighted by molar-refractivity contribution is 0.592. The van der Waals surface area contributed by atoms with Gasteiger partial charge in [0.25, 0.3) is 0 Å². The minimum absolute atomic E-state index is 0.199. The Morgan fingerprint density at radius 2 is 1.68 bits per heavy atom. The van der Waals surface area contributed by atoms with Gasteiger partial charge in [-0.25, -0.2) is 8.42 Å². The van der Waals surface area contributed by atoms with Gasteiger partial charge in [0.2, 0.25) is 0 Å². The predicted molar refractivity (Wildman–Crippen MR) is 92.7 cm³/mol. The van der Waals surface area contributed by atoms with E-state index in [4.69, 9.17) is 0 Å². The van der Waals surface area contributed by atoms with E-state index >= 15 is 0 Å². The molecule has 0 spiro atoms. The second-order valence-electron chi connectivity index (χ2n) is 5.44. The number of rotatable bonds is 7. The Hall–Kier alpha value is -1.87. The van der Waals surface area contributed by atoms with E-state index in [1.165, 1.54) is 5.56 Å². The van der Waals surface area contributed by atoms with Crippen molar-refractivity contribution in [3.63, 3.8) is 0 Å². The van der Waals surface area contributed by atoms with E-state index in [0.717, 1.165) is 24.0 Å². The van der Waals surface area contributed by atoms with Crippen molar-refractivity contribution in [1.29, 1.82) is 0 Å². The molecule has 0 aromatic heterocycles. The average molecular weight is 314 g/mol. The Kier molecular flexibility index (Phi) is 5.56. The minimum atomic E-state index is -3.18. The lowest BCUT2D eigenvalue weighted by atomic mass is 10.0. The first-order valence-electron chi connectivity index (χ1n) is 7.54. The second kappa shape index (κ2) is 7.41. The van der Waals surface area contributed by atoms with Gasteiger partial charge in [0, 0.05) is 0 Å². The molecule has 0 N–H and O–H groups in total. The summed E-state index contributed by atoms with van der Waals surface area (Å²) in [5.41, 5.74) is 3.36. The summed E-state index contributed by atoms with van der Waals surface area (Å²) in [4.78, 5) is 0.406. The Morgan fingerprint density at radius 1 is 1.00 bits per heavy atom.